The van der Waals surface area contributed by atoms with Crippen molar-refractivity contribution < 1.29 is 151 Å². The molecule has 6 fully saturated rings. The van der Waals surface area contributed by atoms with Crippen LogP contribution in [0.5, 0.6) is 0 Å². The maximum Gasteiger partial charge on any atom is 1.00 e. The number of hydrogen-bond donors (Lipinski definition) is 0. The summed E-state index contributed by atoms with van der Waals surface area (Å²) in [4.78, 5) is 48.1. The first-order valence-electron chi connectivity index (χ1n) is 26.2. The molecule has 0 aliphatic carbocycles. The Morgan fingerprint density at radius 1 is 0.583 bits per heavy atom. The van der Waals surface area contributed by atoms with Gasteiger partial charge in [0.05, 0.1) is 30.7 Å². The normalized spacial score (nSPS) is 24.0. The van der Waals surface area contributed by atoms with E-state index in [-0.39, 0.29) is 56.4 Å². The number of esters is 4. The number of ether oxygens (including phenoxy) is 6. The van der Waals surface area contributed by atoms with Gasteiger partial charge in [-0.25, -0.2) is 34.8 Å². The molecule has 478 valence electrons. The molecule has 10 atom stereocenters. The Morgan fingerprint density at radius 3 is 1.14 bits per heavy atom. The van der Waals surface area contributed by atoms with Crippen LogP contribution in [0.1, 0.15) is 119 Å². The van der Waals surface area contributed by atoms with Crippen molar-refractivity contribution in [3.8, 4) is 0 Å². The van der Waals surface area contributed by atoms with E-state index in [2.05, 4.69) is 139 Å². The molecule has 8 rings (SSSR count). The molecule has 0 saturated carbocycles. The zero-order chi connectivity index (χ0) is 61.6. The molecule has 10 unspecified atom stereocenters. The fourth-order valence-corrected chi connectivity index (χ4v) is 14.6. The number of carbonyl (C=O) groups excluding carboxylic acids is 4. The number of benzene rings is 2. The van der Waals surface area contributed by atoms with E-state index in [1.807, 2.05) is 6.92 Å². The predicted molar refractivity (Wildman–Crippen MR) is 311 cm³/mol. The largest absolute Gasteiger partial charge is 1.00 e. The minimum atomic E-state index is -6.19. The van der Waals surface area contributed by atoms with Crippen molar-refractivity contribution in [1.29, 1.82) is 0 Å². The Kier molecular flexibility index (Phi) is 37.9. The van der Waals surface area contributed by atoms with Crippen LogP contribution in [0.2, 0.25) is 0 Å². The fraction of sp³-hybridized carbons (Fsp3) is 0.686. The van der Waals surface area contributed by atoms with Crippen molar-refractivity contribution in [1.82, 2.24) is 0 Å². The quantitative estimate of drug-likeness (QED) is 0.0168. The summed E-state index contributed by atoms with van der Waals surface area (Å²) in [6, 6.07) is 22.1. The van der Waals surface area contributed by atoms with Gasteiger partial charge in [-0.15, -0.1) is 0 Å². The Hall–Kier alpha value is -0.460. The van der Waals surface area contributed by atoms with E-state index in [0.29, 0.717) is 41.5 Å². The topological polar surface area (TPSA) is 304 Å². The molecule has 4 bridgehead atoms. The second-order valence-corrected chi connectivity index (χ2v) is 43.6. The Balaban J connectivity index is 0.000000527. The van der Waals surface area contributed by atoms with E-state index >= 15 is 0 Å². The molecule has 20 nitrogen and oxygen atoms in total. The second kappa shape index (κ2) is 39.1. The van der Waals surface area contributed by atoms with Gasteiger partial charge in [-0.05, 0) is 69.2 Å². The number of fused-ring (bicyclic) bond motifs is 2. The van der Waals surface area contributed by atoms with E-state index in [1.54, 1.807) is 9.79 Å². The Bertz CT molecular complexity index is 2490. The van der Waals surface area contributed by atoms with Crippen molar-refractivity contribution in [2.24, 2.45) is 11.8 Å². The van der Waals surface area contributed by atoms with Gasteiger partial charge in [0.25, 0.3) is 0 Å². The Labute approximate surface area is 548 Å². The minimum absolute atomic E-state index is 0. The molecular weight excluding hydrogens is 1570 g/mol. The van der Waals surface area contributed by atoms with Crippen molar-refractivity contribution in [3.05, 3.63) is 60.7 Å². The molecule has 2 aromatic rings. The van der Waals surface area contributed by atoms with E-state index < -0.39 is 126 Å². The monoisotopic (exact) mass is 1650 g/mol. The van der Waals surface area contributed by atoms with Crippen molar-refractivity contribution in [2.75, 3.05) is 29.6 Å². The molecule has 0 N–H and O–H groups in total. The zero-order valence-corrected chi connectivity index (χ0v) is 59.0. The van der Waals surface area contributed by atoms with Crippen LogP contribution in [0.3, 0.4) is 0 Å². The van der Waals surface area contributed by atoms with Gasteiger partial charge in [-0.2, -0.15) is 17.6 Å². The number of carbonyl (C=O) groups is 4. The Morgan fingerprint density at radius 2 is 0.881 bits per heavy atom. The molecule has 6 saturated heterocycles. The van der Waals surface area contributed by atoms with Crippen LogP contribution in [-0.4, -0.2) is 152 Å². The van der Waals surface area contributed by atoms with Gasteiger partial charge >= 0.3 is 114 Å². The van der Waals surface area contributed by atoms with Gasteiger partial charge in [0, 0.05) is 21.8 Å². The van der Waals surface area contributed by atoms with Crippen LogP contribution in [0.15, 0.2) is 70.5 Å². The summed E-state index contributed by atoms with van der Waals surface area (Å²) in [6.45, 7) is 11.0. The molecule has 6 aliphatic rings. The van der Waals surface area contributed by atoms with Gasteiger partial charge in [-0.3, -0.25) is 13.8 Å². The van der Waals surface area contributed by atoms with Gasteiger partial charge in [0.15, 0.2) is 54.4 Å². The van der Waals surface area contributed by atoms with Crippen LogP contribution >= 0.6 is 37.2 Å². The first-order valence-corrected chi connectivity index (χ1v) is 46.1. The smallest absolute Gasteiger partial charge is 0.743 e. The van der Waals surface area contributed by atoms with Crippen LogP contribution in [0.4, 0.5) is 17.6 Å². The zero-order valence-electron chi connectivity index (χ0n) is 46.4. The SMILES string of the molecule is C.CCCCOS(=O)(=O)[O-].CCCC[S+](CCCC)c1ccccc1.CCCC[S+](CCCC)c1ccccc1.I[I-]I.O=C1OC2C(OC(=O)C(F)(F)S(=O)(=O)[O-])C3CC1C2O3.O=C1OC2C(OC(=O)C(F)(F)S(=O)(=O)[O-])C3CC1C2O3.[Na+]. The molecular formula is C51H73F4I3NaO20S5-. The standard InChI is InChI=1S/2C14H23S.2C9H8F2O8S.C4H10O4S.CH4.I3.Na/c2*1-3-5-12-15(13-6-4-2)14-10-8-7-9-11-14;2*10-9(11,20(14,15)16)8(13)19-5-3-1-2-4(17-3)6(5)18-7(2)12;1-2-3-4-8-9(5,6)7;;1-3-2;/h2*7-11H,3-6,12-13H2,1-2H3;2*2-6H,1H2,(H,14,15,16);2-4H2,1H3,(H,5,6,7);1H4;;/q2*+1;;;;;-1;+1/p-3. The molecule has 0 amide bonds. The average molecular weight is 1650 g/mol. The minimum Gasteiger partial charge on any atom is -0.743 e. The third-order valence-electron chi connectivity index (χ3n) is 13.0. The van der Waals surface area contributed by atoms with Gasteiger partial charge in [0.2, 0.25) is 10.4 Å². The van der Waals surface area contributed by atoms with Crippen molar-refractivity contribution >= 4 is 114 Å². The molecule has 6 aliphatic heterocycles. The van der Waals surface area contributed by atoms with Gasteiger partial charge in [-0.1, -0.05) is 111 Å². The number of rotatable bonds is 24. The summed E-state index contributed by atoms with van der Waals surface area (Å²) in [5.74, 6) is -1.63. The third-order valence-corrected chi connectivity index (χ3v) is 20.1. The summed E-state index contributed by atoms with van der Waals surface area (Å²) in [5.41, 5.74) is 0. The summed E-state index contributed by atoms with van der Waals surface area (Å²) in [6.07, 6.45) is 4.70. The number of halogens is 7. The summed E-state index contributed by atoms with van der Waals surface area (Å²) in [5, 5.41) is -10.4. The molecule has 2 aromatic carbocycles. The summed E-state index contributed by atoms with van der Waals surface area (Å²) in [7, 11) is -15.8. The van der Waals surface area contributed by atoms with Crippen LogP contribution in [-0.2, 0) is 104 Å². The van der Waals surface area contributed by atoms with Gasteiger partial charge in [0.1, 0.15) is 35.2 Å². The maximum absolute atomic E-state index is 13.0. The third kappa shape index (κ3) is 24.3. The number of alkyl halides is 4. The first kappa shape index (κ1) is 81.6. The first-order chi connectivity index (χ1) is 38.5. The summed E-state index contributed by atoms with van der Waals surface area (Å²) >= 11 is 5.30. The van der Waals surface area contributed by atoms with E-state index in [4.69, 9.17) is 18.9 Å². The van der Waals surface area contributed by atoms with E-state index in [1.165, 1.54) is 74.4 Å². The van der Waals surface area contributed by atoms with E-state index in [0.717, 1.165) is 6.42 Å². The molecule has 0 spiro atoms. The molecule has 6 heterocycles. The van der Waals surface area contributed by atoms with Crippen LogP contribution in [0, 0.1) is 11.8 Å². The number of unbranched alkanes of at least 4 members (excludes halogenated alkanes) is 5. The van der Waals surface area contributed by atoms with Crippen LogP contribution < -0.4 is 42.8 Å². The van der Waals surface area contributed by atoms with Gasteiger partial charge < -0.3 is 42.1 Å². The molecule has 0 aromatic heterocycles. The second-order valence-electron chi connectivity index (χ2n) is 18.9. The maximum atomic E-state index is 13.0. The van der Waals surface area contributed by atoms with Crippen LogP contribution in [0.25, 0.3) is 0 Å². The van der Waals surface area contributed by atoms with Crippen molar-refractivity contribution in [3.63, 3.8) is 0 Å². The fourth-order valence-electron chi connectivity index (χ4n) is 8.83. The average Bonchev–Trinajstić information content (AvgIpc) is 2.95. The van der Waals surface area contributed by atoms with Crippen molar-refractivity contribution in [2.45, 2.75) is 188 Å². The predicted octanol–water partition coefficient (Wildman–Crippen LogP) is 2.70. The molecule has 84 heavy (non-hydrogen) atoms. The number of hydrogen-bond acceptors (Lipinski definition) is 20. The molecule has 0 radical (unpaired) electrons. The summed E-state index contributed by atoms with van der Waals surface area (Å²) < 4.78 is 176. The van der Waals surface area contributed by atoms with E-state index in [9.17, 15) is 75.7 Å². The molecule has 33 heteroatoms.